The van der Waals surface area contributed by atoms with Gasteiger partial charge >= 0.3 is 0 Å². The topological polar surface area (TPSA) is 34.1 Å². The van der Waals surface area contributed by atoms with Crippen LogP contribution in [0.3, 0.4) is 0 Å². The molecule has 0 bridgehead atoms. The number of methoxy groups -OCH3 is 1. The Bertz CT molecular complexity index is 772. The average Bonchev–Trinajstić information content (AvgIpc) is 2.94. The Hall–Kier alpha value is -1.59. The number of benzene rings is 1. The normalized spacial score (nSPS) is 12.3. The summed E-state index contributed by atoms with van der Waals surface area (Å²) in [5.41, 5.74) is 3.28. The van der Waals surface area contributed by atoms with Gasteiger partial charge in [-0.3, -0.25) is 4.98 Å². The quantitative estimate of drug-likeness (QED) is 0.688. The Balaban J connectivity index is 1.81. The molecule has 1 unspecified atom stereocenters. The van der Waals surface area contributed by atoms with Crippen LogP contribution in [0.25, 0.3) is 10.2 Å². The van der Waals surface area contributed by atoms with Crippen LogP contribution < -0.4 is 10.1 Å². The summed E-state index contributed by atoms with van der Waals surface area (Å²) < 4.78 is 7.40. The van der Waals surface area contributed by atoms with Gasteiger partial charge in [-0.25, -0.2) is 0 Å². The zero-order chi connectivity index (χ0) is 14.8. The minimum atomic E-state index is 0.185. The van der Waals surface area contributed by atoms with Crippen molar-refractivity contribution in [1.82, 2.24) is 4.98 Å². The van der Waals surface area contributed by atoms with Gasteiger partial charge in [0.25, 0.3) is 0 Å². The van der Waals surface area contributed by atoms with Gasteiger partial charge in [-0.2, -0.15) is 0 Å². The van der Waals surface area contributed by atoms with E-state index in [0.29, 0.717) is 0 Å². The van der Waals surface area contributed by atoms with E-state index in [9.17, 15) is 0 Å². The second kappa shape index (κ2) is 6.03. The van der Waals surface area contributed by atoms with Crippen LogP contribution in [-0.2, 0) is 0 Å². The molecule has 0 fully saturated rings. The molecular weight excluding hydrogens is 348 g/mol. The first-order valence-corrected chi connectivity index (χ1v) is 8.28. The van der Waals surface area contributed by atoms with Crippen molar-refractivity contribution in [2.75, 3.05) is 12.4 Å². The third-order valence-corrected chi connectivity index (χ3v) is 4.83. The van der Waals surface area contributed by atoms with Gasteiger partial charge in [-0.1, -0.05) is 0 Å². The van der Waals surface area contributed by atoms with Crippen LogP contribution in [0.1, 0.15) is 18.5 Å². The highest BCUT2D eigenvalue weighted by Gasteiger charge is 2.09. The first kappa shape index (κ1) is 14.4. The van der Waals surface area contributed by atoms with Crippen LogP contribution >= 0.6 is 27.3 Å². The Kier molecular flexibility index (Phi) is 4.12. The molecule has 3 rings (SSSR count). The van der Waals surface area contributed by atoms with Gasteiger partial charge in [-0.05, 0) is 64.1 Å². The molecule has 2 heterocycles. The zero-order valence-electron chi connectivity index (χ0n) is 11.8. The second-order valence-electron chi connectivity index (χ2n) is 4.79. The lowest BCUT2D eigenvalue weighted by Crippen LogP contribution is -2.06. The lowest BCUT2D eigenvalue weighted by molar-refractivity contribution is 0.412. The van der Waals surface area contributed by atoms with E-state index in [1.54, 1.807) is 18.4 Å². The van der Waals surface area contributed by atoms with E-state index in [-0.39, 0.29) is 6.04 Å². The van der Waals surface area contributed by atoms with E-state index in [2.05, 4.69) is 44.6 Å². The summed E-state index contributed by atoms with van der Waals surface area (Å²) in [6.07, 6.45) is 1.94. The molecule has 0 saturated carbocycles. The van der Waals surface area contributed by atoms with E-state index in [1.807, 2.05) is 30.5 Å². The van der Waals surface area contributed by atoms with Gasteiger partial charge in [-0.15, -0.1) is 11.3 Å². The molecule has 3 nitrogen and oxygen atoms in total. The fourth-order valence-electron chi connectivity index (χ4n) is 2.19. The fraction of sp³-hybridized carbons (Fsp3) is 0.188. The second-order valence-corrected chi connectivity index (χ2v) is 6.59. The Morgan fingerprint density at radius 1 is 1.29 bits per heavy atom. The molecule has 3 aromatic rings. The van der Waals surface area contributed by atoms with Crippen molar-refractivity contribution in [2.24, 2.45) is 0 Å². The number of rotatable bonds is 4. The molecule has 0 aliphatic carbocycles. The van der Waals surface area contributed by atoms with Crippen LogP contribution in [-0.4, -0.2) is 12.1 Å². The van der Waals surface area contributed by atoms with Crippen molar-refractivity contribution in [3.05, 3.63) is 51.9 Å². The van der Waals surface area contributed by atoms with Crippen LogP contribution in [0.15, 0.2) is 46.4 Å². The molecule has 0 radical (unpaired) electrons. The predicted octanol–water partition coefficient (Wildman–Crippen LogP) is 5.24. The van der Waals surface area contributed by atoms with Gasteiger partial charge in [0.05, 0.1) is 27.8 Å². The first-order chi connectivity index (χ1) is 10.2. The Labute approximate surface area is 136 Å². The van der Waals surface area contributed by atoms with Crippen molar-refractivity contribution < 1.29 is 4.74 Å². The van der Waals surface area contributed by atoms with Gasteiger partial charge < -0.3 is 10.1 Å². The molecule has 0 spiro atoms. The number of thiophene rings is 1. The molecule has 2 aromatic heterocycles. The predicted molar refractivity (Wildman–Crippen MR) is 92.4 cm³/mol. The summed E-state index contributed by atoms with van der Waals surface area (Å²) in [7, 11) is 1.66. The maximum absolute atomic E-state index is 5.25. The molecule has 1 aromatic carbocycles. The minimum Gasteiger partial charge on any atom is -0.496 e. The lowest BCUT2D eigenvalue weighted by atomic mass is 10.1. The number of fused-ring (bicyclic) bond motifs is 1. The molecule has 1 N–H and O–H groups in total. The summed E-state index contributed by atoms with van der Waals surface area (Å²) in [6, 6.07) is 10.4. The molecule has 0 aliphatic rings. The number of hydrogen-bond acceptors (Lipinski definition) is 4. The third kappa shape index (κ3) is 3.04. The number of nitrogens with one attached hydrogen (secondary N) is 1. The van der Waals surface area contributed by atoms with E-state index < -0.39 is 0 Å². The van der Waals surface area contributed by atoms with Gasteiger partial charge in [0.15, 0.2) is 0 Å². The third-order valence-electron chi connectivity index (χ3n) is 3.36. The minimum absolute atomic E-state index is 0.185. The van der Waals surface area contributed by atoms with Crippen LogP contribution in [0, 0.1) is 0 Å². The zero-order valence-corrected chi connectivity index (χ0v) is 14.2. The number of halogens is 1. The molecule has 108 valence electrons. The molecule has 0 aliphatic heterocycles. The maximum atomic E-state index is 5.25. The average molecular weight is 363 g/mol. The Morgan fingerprint density at radius 2 is 2.14 bits per heavy atom. The number of ether oxygens (including phenoxy) is 1. The van der Waals surface area contributed by atoms with Crippen LogP contribution in [0.5, 0.6) is 5.75 Å². The van der Waals surface area contributed by atoms with Crippen LogP contribution in [0.4, 0.5) is 5.69 Å². The smallest absolute Gasteiger partial charge is 0.133 e. The molecule has 1 atom stereocenters. The van der Waals surface area contributed by atoms with E-state index in [4.69, 9.17) is 4.74 Å². The molecule has 0 saturated heterocycles. The van der Waals surface area contributed by atoms with Crippen LogP contribution in [0.2, 0.25) is 0 Å². The Morgan fingerprint density at radius 3 is 2.90 bits per heavy atom. The highest BCUT2D eigenvalue weighted by Crippen LogP contribution is 2.30. The standard InChI is InChI=1S/C16H15BrN2OS/c1-10(11-7-16-14(18-9-11)5-6-21-16)19-12-3-4-15(20-2)13(17)8-12/h3-10,19H,1-2H3. The summed E-state index contributed by atoms with van der Waals surface area (Å²) in [6.45, 7) is 2.13. The molecule has 21 heavy (non-hydrogen) atoms. The van der Waals surface area contributed by atoms with Crippen molar-refractivity contribution in [1.29, 1.82) is 0 Å². The molecule has 5 heteroatoms. The van der Waals surface area contributed by atoms with Crippen molar-refractivity contribution in [3.63, 3.8) is 0 Å². The van der Waals surface area contributed by atoms with E-state index in [1.165, 1.54) is 10.3 Å². The first-order valence-electron chi connectivity index (χ1n) is 6.60. The summed E-state index contributed by atoms with van der Waals surface area (Å²) >= 11 is 5.22. The molecule has 0 amide bonds. The van der Waals surface area contributed by atoms with Crippen molar-refractivity contribution in [2.45, 2.75) is 13.0 Å². The number of anilines is 1. The number of hydrogen-bond donors (Lipinski definition) is 1. The van der Waals surface area contributed by atoms with Crippen molar-refractivity contribution >= 4 is 43.2 Å². The van der Waals surface area contributed by atoms with Gasteiger partial charge in [0, 0.05) is 11.9 Å². The number of pyridine rings is 1. The van der Waals surface area contributed by atoms with Gasteiger partial charge in [0.1, 0.15) is 5.75 Å². The monoisotopic (exact) mass is 362 g/mol. The van der Waals surface area contributed by atoms with E-state index in [0.717, 1.165) is 21.4 Å². The largest absolute Gasteiger partial charge is 0.496 e. The lowest BCUT2D eigenvalue weighted by Gasteiger charge is -2.16. The molecular formula is C16H15BrN2OS. The highest BCUT2D eigenvalue weighted by atomic mass is 79.9. The number of nitrogens with zero attached hydrogens (tertiary/aromatic N) is 1. The van der Waals surface area contributed by atoms with Gasteiger partial charge in [0.2, 0.25) is 0 Å². The fourth-order valence-corrected chi connectivity index (χ4v) is 3.52. The SMILES string of the molecule is COc1ccc(NC(C)c2cnc3ccsc3c2)cc1Br. The number of aromatic nitrogens is 1. The summed E-state index contributed by atoms with van der Waals surface area (Å²) in [5, 5.41) is 5.56. The maximum Gasteiger partial charge on any atom is 0.133 e. The highest BCUT2D eigenvalue weighted by molar-refractivity contribution is 9.10. The van der Waals surface area contributed by atoms with E-state index >= 15 is 0 Å². The summed E-state index contributed by atoms with van der Waals surface area (Å²) in [4.78, 5) is 4.49. The van der Waals surface area contributed by atoms with Crippen molar-refractivity contribution in [3.8, 4) is 5.75 Å². The summed E-state index contributed by atoms with van der Waals surface area (Å²) in [5.74, 6) is 0.829.